The second kappa shape index (κ2) is 8.68. The van der Waals surface area contributed by atoms with Gasteiger partial charge in [0.25, 0.3) is 0 Å². The summed E-state index contributed by atoms with van der Waals surface area (Å²) >= 11 is 0. The first-order valence-electron chi connectivity index (χ1n) is 6.59. The molecule has 1 heterocycles. The number of amides is 1. The van der Waals surface area contributed by atoms with Crippen molar-refractivity contribution in [1.82, 2.24) is 20.1 Å². The van der Waals surface area contributed by atoms with Crippen LogP contribution in [0.3, 0.4) is 0 Å². The Morgan fingerprint density at radius 2 is 1.95 bits per heavy atom. The smallest absolute Gasteiger partial charge is 0.238 e. The van der Waals surface area contributed by atoms with Gasteiger partial charge in [-0.3, -0.25) is 4.79 Å². The van der Waals surface area contributed by atoms with Gasteiger partial charge in [0.15, 0.2) is 0 Å². The van der Waals surface area contributed by atoms with Crippen molar-refractivity contribution in [3.63, 3.8) is 0 Å². The molecular weight excluding hydrogens is 242 g/mol. The van der Waals surface area contributed by atoms with E-state index in [4.69, 9.17) is 5.73 Å². The fraction of sp³-hybridized carbons (Fsp3) is 0.615. The topological polar surface area (TPSA) is 75.3 Å². The summed E-state index contributed by atoms with van der Waals surface area (Å²) in [7, 11) is 4.06. The lowest BCUT2D eigenvalue weighted by Gasteiger charge is -2.14. The van der Waals surface area contributed by atoms with E-state index in [-0.39, 0.29) is 5.91 Å². The lowest BCUT2D eigenvalue weighted by molar-refractivity contribution is -0.122. The first-order chi connectivity index (χ1) is 9.09. The first-order valence-corrected chi connectivity index (χ1v) is 6.59. The van der Waals surface area contributed by atoms with Gasteiger partial charge in [0.1, 0.15) is 6.04 Å². The van der Waals surface area contributed by atoms with Crippen molar-refractivity contribution in [2.24, 2.45) is 5.73 Å². The normalized spacial score (nSPS) is 12.6. The minimum Gasteiger partial charge on any atom is -0.353 e. The third-order valence-corrected chi connectivity index (χ3v) is 2.75. The fourth-order valence-electron chi connectivity index (χ4n) is 1.63. The molecule has 0 aliphatic heterocycles. The number of nitrogens with zero attached hydrogens (tertiary/aromatic N) is 2. The summed E-state index contributed by atoms with van der Waals surface area (Å²) in [6, 6.07) is 3.33. The van der Waals surface area contributed by atoms with Gasteiger partial charge < -0.3 is 25.8 Å². The van der Waals surface area contributed by atoms with Crippen LogP contribution in [0.2, 0.25) is 0 Å². The van der Waals surface area contributed by atoms with Gasteiger partial charge in [-0.05, 0) is 26.2 Å². The minimum absolute atomic E-state index is 0.108. The quantitative estimate of drug-likeness (QED) is 0.506. The van der Waals surface area contributed by atoms with E-state index in [1.807, 2.05) is 43.2 Å². The lowest BCUT2D eigenvalue weighted by Crippen LogP contribution is -2.45. The number of carbonyl (C=O) groups is 1. The Hall–Kier alpha value is -1.37. The molecule has 1 aromatic heterocycles. The van der Waals surface area contributed by atoms with Gasteiger partial charge in [-0.2, -0.15) is 0 Å². The molecule has 0 saturated heterocycles. The van der Waals surface area contributed by atoms with Crippen molar-refractivity contribution >= 4 is 5.91 Å². The molecule has 0 saturated carbocycles. The maximum Gasteiger partial charge on any atom is 0.238 e. The standard InChI is InChI=1S/C13H25N5O/c1-17(2)10-7-15-5-6-16-13(19)12(14)11-18-8-3-4-9-18/h3-4,8-9,12,15H,5-7,10-11,14H2,1-2H3,(H,16,19). The van der Waals surface area contributed by atoms with Crippen LogP contribution in [0.5, 0.6) is 0 Å². The maximum absolute atomic E-state index is 11.7. The second-order valence-corrected chi connectivity index (χ2v) is 4.83. The third kappa shape index (κ3) is 6.95. The monoisotopic (exact) mass is 267 g/mol. The summed E-state index contributed by atoms with van der Waals surface area (Å²) in [4.78, 5) is 13.8. The Bertz CT molecular complexity index is 350. The van der Waals surface area contributed by atoms with E-state index in [9.17, 15) is 4.79 Å². The Labute approximate surface area is 114 Å². The molecule has 1 rings (SSSR count). The molecule has 0 aliphatic rings. The van der Waals surface area contributed by atoms with Crippen LogP contribution in [0.4, 0.5) is 0 Å². The molecular formula is C13H25N5O. The molecule has 0 bridgehead atoms. The van der Waals surface area contributed by atoms with Crippen molar-refractivity contribution in [1.29, 1.82) is 0 Å². The molecule has 108 valence electrons. The van der Waals surface area contributed by atoms with E-state index in [0.717, 1.165) is 19.6 Å². The van der Waals surface area contributed by atoms with E-state index >= 15 is 0 Å². The van der Waals surface area contributed by atoms with Gasteiger partial charge in [-0.1, -0.05) is 0 Å². The van der Waals surface area contributed by atoms with Gasteiger partial charge in [0, 0.05) is 45.1 Å². The summed E-state index contributed by atoms with van der Waals surface area (Å²) in [6.07, 6.45) is 3.80. The number of aromatic nitrogens is 1. The number of hydrogen-bond acceptors (Lipinski definition) is 4. The zero-order valence-corrected chi connectivity index (χ0v) is 11.8. The predicted octanol–water partition coefficient (Wildman–Crippen LogP) is -0.917. The van der Waals surface area contributed by atoms with Gasteiger partial charge in [-0.15, -0.1) is 0 Å². The van der Waals surface area contributed by atoms with Gasteiger partial charge in [0.05, 0.1) is 0 Å². The van der Waals surface area contributed by atoms with E-state index in [0.29, 0.717) is 13.1 Å². The van der Waals surface area contributed by atoms with Crippen molar-refractivity contribution in [2.45, 2.75) is 12.6 Å². The van der Waals surface area contributed by atoms with Crippen LogP contribution in [0.1, 0.15) is 0 Å². The zero-order valence-electron chi connectivity index (χ0n) is 11.8. The number of nitrogens with two attached hydrogens (primary N) is 1. The van der Waals surface area contributed by atoms with Crippen LogP contribution in [0.25, 0.3) is 0 Å². The molecule has 4 N–H and O–H groups in total. The maximum atomic E-state index is 11.7. The molecule has 0 fully saturated rings. The first kappa shape index (κ1) is 15.7. The van der Waals surface area contributed by atoms with E-state index in [1.165, 1.54) is 0 Å². The average Bonchev–Trinajstić information content (AvgIpc) is 2.85. The Balaban J connectivity index is 2.07. The molecule has 0 aliphatic carbocycles. The zero-order chi connectivity index (χ0) is 14.1. The molecule has 0 radical (unpaired) electrons. The molecule has 0 spiro atoms. The van der Waals surface area contributed by atoms with Crippen LogP contribution in [0.15, 0.2) is 24.5 Å². The van der Waals surface area contributed by atoms with Crippen molar-refractivity contribution in [3.8, 4) is 0 Å². The molecule has 0 aromatic carbocycles. The number of nitrogens with one attached hydrogen (secondary N) is 2. The Kier molecular flexibility index (Phi) is 7.17. The average molecular weight is 267 g/mol. The summed E-state index contributed by atoms with van der Waals surface area (Å²) in [5.74, 6) is -0.108. The fourth-order valence-corrected chi connectivity index (χ4v) is 1.63. The molecule has 6 heteroatoms. The van der Waals surface area contributed by atoms with Gasteiger partial charge in [-0.25, -0.2) is 0 Å². The summed E-state index contributed by atoms with van der Waals surface area (Å²) < 4.78 is 1.90. The van der Waals surface area contributed by atoms with E-state index in [2.05, 4.69) is 15.5 Å². The highest BCUT2D eigenvalue weighted by atomic mass is 16.2. The number of hydrogen-bond donors (Lipinski definition) is 3. The molecule has 1 amide bonds. The van der Waals surface area contributed by atoms with Crippen LogP contribution in [-0.4, -0.2) is 61.7 Å². The van der Waals surface area contributed by atoms with Crippen LogP contribution >= 0.6 is 0 Å². The molecule has 1 unspecified atom stereocenters. The molecule has 1 atom stereocenters. The highest BCUT2D eigenvalue weighted by Crippen LogP contribution is 1.92. The third-order valence-electron chi connectivity index (χ3n) is 2.75. The van der Waals surface area contributed by atoms with E-state index in [1.54, 1.807) is 0 Å². The predicted molar refractivity (Wildman–Crippen MR) is 76.8 cm³/mol. The SMILES string of the molecule is CN(C)CCNCCNC(=O)C(N)Cn1cccc1. The Morgan fingerprint density at radius 3 is 2.58 bits per heavy atom. The second-order valence-electron chi connectivity index (χ2n) is 4.83. The number of likely N-dealkylation sites (N-methyl/N-ethyl adjacent to an activating group) is 1. The van der Waals surface area contributed by atoms with Crippen molar-refractivity contribution < 1.29 is 4.79 Å². The largest absolute Gasteiger partial charge is 0.353 e. The van der Waals surface area contributed by atoms with Crippen LogP contribution in [0, 0.1) is 0 Å². The minimum atomic E-state index is -0.505. The number of carbonyl (C=O) groups excluding carboxylic acids is 1. The molecule has 19 heavy (non-hydrogen) atoms. The number of rotatable bonds is 9. The highest BCUT2D eigenvalue weighted by molar-refractivity contribution is 5.81. The molecule has 6 nitrogen and oxygen atoms in total. The highest BCUT2D eigenvalue weighted by Gasteiger charge is 2.12. The lowest BCUT2D eigenvalue weighted by atomic mass is 10.3. The van der Waals surface area contributed by atoms with Crippen molar-refractivity contribution in [2.75, 3.05) is 40.3 Å². The van der Waals surface area contributed by atoms with Crippen LogP contribution < -0.4 is 16.4 Å². The molecule has 1 aromatic rings. The van der Waals surface area contributed by atoms with Crippen LogP contribution in [-0.2, 0) is 11.3 Å². The van der Waals surface area contributed by atoms with E-state index < -0.39 is 6.04 Å². The summed E-state index contributed by atoms with van der Waals surface area (Å²) in [5, 5.41) is 6.08. The van der Waals surface area contributed by atoms with Crippen molar-refractivity contribution in [3.05, 3.63) is 24.5 Å². The van der Waals surface area contributed by atoms with Gasteiger partial charge in [0.2, 0.25) is 5.91 Å². The summed E-state index contributed by atoms with van der Waals surface area (Å²) in [6.45, 7) is 3.77. The Morgan fingerprint density at radius 1 is 1.26 bits per heavy atom. The summed E-state index contributed by atoms with van der Waals surface area (Å²) in [5.41, 5.74) is 5.83. The van der Waals surface area contributed by atoms with Gasteiger partial charge >= 0.3 is 0 Å².